The molecule has 0 radical (unpaired) electrons. The van der Waals surface area contributed by atoms with Gasteiger partial charge in [-0.25, -0.2) is 0 Å². The van der Waals surface area contributed by atoms with Crippen molar-refractivity contribution in [2.45, 2.75) is 27.2 Å². The van der Waals surface area contributed by atoms with E-state index in [-0.39, 0.29) is 13.2 Å². The molecular formula is C12H18O4. The molecule has 0 aliphatic rings. The third kappa shape index (κ3) is 6.81. The van der Waals surface area contributed by atoms with Crippen molar-refractivity contribution in [1.82, 2.24) is 0 Å². The molecule has 0 amide bonds. The van der Waals surface area contributed by atoms with Crippen LogP contribution in [0.15, 0.2) is 24.8 Å². The third-order valence-electron chi connectivity index (χ3n) is 1.58. The van der Waals surface area contributed by atoms with E-state index >= 15 is 0 Å². The number of allylic oxidation sites excluding steroid dienone is 2. The fourth-order valence-corrected chi connectivity index (χ4v) is 0.685. The summed E-state index contributed by atoms with van der Waals surface area (Å²) in [5, 5.41) is 0. The van der Waals surface area contributed by atoms with E-state index in [1.54, 1.807) is 39.0 Å². The molecule has 0 saturated heterocycles. The maximum absolute atomic E-state index is 11.3. The van der Waals surface area contributed by atoms with Crippen molar-refractivity contribution in [2.75, 3.05) is 6.79 Å². The molecule has 90 valence electrons. The van der Waals surface area contributed by atoms with Gasteiger partial charge in [-0.05, 0) is 20.8 Å². The summed E-state index contributed by atoms with van der Waals surface area (Å²) >= 11 is 0. The van der Waals surface area contributed by atoms with Crippen LogP contribution in [0.25, 0.3) is 0 Å². The molecule has 0 spiro atoms. The zero-order valence-electron chi connectivity index (χ0n) is 9.99. The molecule has 4 nitrogen and oxygen atoms in total. The molecule has 0 atom stereocenters. The van der Waals surface area contributed by atoms with Gasteiger partial charge in [0.25, 0.3) is 0 Å². The second kappa shape index (κ2) is 6.82. The van der Waals surface area contributed by atoms with E-state index in [1.807, 2.05) is 0 Å². The molecule has 0 saturated carbocycles. The summed E-state index contributed by atoms with van der Waals surface area (Å²) in [5.41, 5.74) is -0.588. The molecule has 0 unspecified atom stereocenters. The molecule has 0 fully saturated rings. The van der Waals surface area contributed by atoms with Crippen LogP contribution in [0.1, 0.15) is 27.2 Å². The third-order valence-corrected chi connectivity index (χ3v) is 1.58. The first-order valence-corrected chi connectivity index (χ1v) is 4.98. The van der Waals surface area contributed by atoms with E-state index in [2.05, 4.69) is 11.3 Å². The van der Waals surface area contributed by atoms with Crippen LogP contribution in [-0.4, -0.2) is 18.7 Å². The Kier molecular flexibility index (Phi) is 6.15. The first-order valence-electron chi connectivity index (χ1n) is 4.98. The molecule has 0 aromatic carbocycles. The van der Waals surface area contributed by atoms with Crippen molar-refractivity contribution < 1.29 is 19.1 Å². The van der Waals surface area contributed by atoms with Crippen LogP contribution in [0.2, 0.25) is 0 Å². The Labute approximate surface area is 95.9 Å². The first-order chi connectivity index (χ1) is 7.38. The lowest BCUT2D eigenvalue weighted by Gasteiger charge is -2.16. The highest BCUT2D eigenvalue weighted by Crippen LogP contribution is 2.14. The molecule has 0 aromatic rings. The molecular weight excluding hydrogens is 208 g/mol. The minimum Gasteiger partial charge on any atom is -0.428 e. The molecule has 0 heterocycles. The van der Waals surface area contributed by atoms with Crippen molar-refractivity contribution in [3.63, 3.8) is 0 Å². The van der Waals surface area contributed by atoms with Crippen molar-refractivity contribution in [2.24, 2.45) is 5.41 Å². The Balaban J connectivity index is 3.74. The van der Waals surface area contributed by atoms with Gasteiger partial charge < -0.3 is 9.47 Å². The van der Waals surface area contributed by atoms with E-state index in [1.165, 1.54) is 0 Å². The van der Waals surface area contributed by atoms with Gasteiger partial charge in [-0.3, -0.25) is 9.59 Å². The Bertz CT molecular complexity index is 284. The van der Waals surface area contributed by atoms with Gasteiger partial charge in [0, 0.05) is 0 Å². The molecule has 0 aliphatic heterocycles. The number of hydrogen-bond donors (Lipinski definition) is 0. The van der Waals surface area contributed by atoms with Crippen LogP contribution in [0.4, 0.5) is 0 Å². The maximum Gasteiger partial charge on any atom is 0.314 e. The van der Waals surface area contributed by atoms with Crippen LogP contribution in [0, 0.1) is 5.41 Å². The Morgan fingerprint density at radius 1 is 1.25 bits per heavy atom. The van der Waals surface area contributed by atoms with Crippen molar-refractivity contribution >= 4 is 11.9 Å². The topological polar surface area (TPSA) is 52.6 Å². The molecule has 0 N–H and O–H groups in total. The number of carbonyl (C=O) groups excluding carboxylic acids is 2. The lowest BCUT2D eigenvalue weighted by molar-refractivity contribution is -0.172. The van der Waals surface area contributed by atoms with Crippen molar-refractivity contribution in [3.05, 3.63) is 24.8 Å². The maximum atomic E-state index is 11.3. The van der Waals surface area contributed by atoms with E-state index in [0.29, 0.717) is 0 Å². The monoisotopic (exact) mass is 226 g/mol. The number of ether oxygens (including phenoxy) is 2. The smallest absolute Gasteiger partial charge is 0.314 e. The summed E-state index contributed by atoms with van der Waals surface area (Å²) < 4.78 is 9.44. The number of rotatable bonds is 5. The van der Waals surface area contributed by atoms with Gasteiger partial charge in [0.05, 0.1) is 11.8 Å². The van der Waals surface area contributed by atoms with Gasteiger partial charge in [0.15, 0.2) is 0 Å². The second-order valence-corrected chi connectivity index (χ2v) is 4.18. The van der Waals surface area contributed by atoms with Crippen LogP contribution in [0.5, 0.6) is 0 Å². The van der Waals surface area contributed by atoms with Gasteiger partial charge in [-0.1, -0.05) is 24.8 Å². The normalized spacial score (nSPS) is 11.2. The predicted molar refractivity (Wildman–Crippen MR) is 60.5 cm³/mol. The highest BCUT2D eigenvalue weighted by atomic mass is 16.7. The molecule has 16 heavy (non-hydrogen) atoms. The van der Waals surface area contributed by atoms with E-state index in [0.717, 1.165) is 0 Å². The zero-order valence-corrected chi connectivity index (χ0v) is 9.99. The average molecular weight is 226 g/mol. The molecule has 0 bridgehead atoms. The van der Waals surface area contributed by atoms with Crippen LogP contribution in [-0.2, 0) is 19.1 Å². The van der Waals surface area contributed by atoms with E-state index < -0.39 is 17.4 Å². The average Bonchev–Trinajstić information content (AvgIpc) is 2.16. The lowest BCUT2D eigenvalue weighted by Crippen LogP contribution is -2.24. The van der Waals surface area contributed by atoms with E-state index in [4.69, 9.17) is 4.74 Å². The second-order valence-electron chi connectivity index (χ2n) is 4.18. The highest BCUT2D eigenvalue weighted by Gasteiger charge is 2.23. The SMILES string of the molecule is C=C/C=C/CC(=O)OCOC(=O)C(C)(C)C. The quantitative estimate of drug-likeness (QED) is 0.409. The predicted octanol–water partition coefficient (Wildman–Crippen LogP) is 2.21. The molecule has 0 aliphatic carbocycles. The largest absolute Gasteiger partial charge is 0.428 e. The Hall–Kier alpha value is -1.58. The van der Waals surface area contributed by atoms with Crippen LogP contribution >= 0.6 is 0 Å². The summed E-state index contributed by atoms with van der Waals surface area (Å²) in [6.45, 7) is 8.30. The Morgan fingerprint density at radius 2 is 1.88 bits per heavy atom. The molecule has 0 rings (SSSR count). The van der Waals surface area contributed by atoms with Gasteiger partial charge in [0.1, 0.15) is 0 Å². The Morgan fingerprint density at radius 3 is 2.38 bits per heavy atom. The number of hydrogen-bond acceptors (Lipinski definition) is 4. The molecule has 4 heteroatoms. The standard InChI is InChI=1S/C12H18O4/c1-5-6-7-8-10(13)15-9-16-11(14)12(2,3)4/h5-7H,1,8-9H2,2-4H3/b7-6+. The van der Waals surface area contributed by atoms with Crippen molar-refractivity contribution in [3.8, 4) is 0 Å². The molecule has 0 aromatic heterocycles. The minimum atomic E-state index is -0.588. The summed E-state index contributed by atoms with van der Waals surface area (Å²) in [4.78, 5) is 22.3. The number of esters is 2. The fraction of sp³-hybridized carbons (Fsp3) is 0.500. The summed E-state index contributed by atoms with van der Waals surface area (Å²) in [6.07, 6.45) is 4.95. The summed E-state index contributed by atoms with van der Waals surface area (Å²) in [7, 11) is 0. The zero-order chi connectivity index (χ0) is 12.6. The summed E-state index contributed by atoms with van der Waals surface area (Å²) in [5.74, 6) is -0.846. The van der Waals surface area contributed by atoms with Crippen LogP contribution in [0.3, 0.4) is 0 Å². The van der Waals surface area contributed by atoms with Gasteiger partial charge in [-0.2, -0.15) is 0 Å². The minimum absolute atomic E-state index is 0.138. The van der Waals surface area contributed by atoms with E-state index in [9.17, 15) is 9.59 Å². The number of carbonyl (C=O) groups is 2. The lowest BCUT2D eigenvalue weighted by atomic mass is 9.98. The van der Waals surface area contributed by atoms with Gasteiger partial charge in [0.2, 0.25) is 6.79 Å². The van der Waals surface area contributed by atoms with Crippen LogP contribution < -0.4 is 0 Å². The highest BCUT2D eigenvalue weighted by molar-refractivity contribution is 5.75. The fourth-order valence-electron chi connectivity index (χ4n) is 0.685. The van der Waals surface area contributed by atoms with Crippen molar-refractivity contribution in [1.29, 1.82) is 0 Å². The first kappa shape index (κ1) is 14.4. The summed E-state index contributed by atoms with van der Waals surface area (Å²) in [6, 6.07) is 0. The van der Waals surface area contributed by atoms with Gasteiger partial charge in [-0.15, -0.1) is 0 Å². The van der Waals surface area contributed by atoms with Gasteiger partial charge >= 0.3 is 11.9 Å².